The largest absolute Gasteiger partial charge is 0.387 e. The van der Waals surface area contributed by atoms with Crippen LogP contribution in [0.15, 0.2) is 18.2 Å². The molecule has 2 N–H and O–H groups in total. The van der Waals surface area contributed by atoms with E-state index in [-0.39, 0.29) is 12.1 Å². The Labute approximate surface area is 111 Å². The van der Waals surface area contributed by atoms with Crippen LogP contribution < -0.4 is 5.32 Å². The van der Waals surface area contributed by atoms with Crippen molar-refractivity contribution in [2.24, 2.45) is 0 Å². The first kappa shape index (κ1) is 15.0. The highest BCUT2D eigenvalue weighted by Crippen LogP contribution is 2.12. The Bertz CT molecular complexity index is 435. The van der Waals surface area contributed by atoms with E-state index in [1.165, 1.54) is 23.9 Å². The minimum atomic E-state index is -0.991. The molecule has 0 aliphatic carbocycles. The third-order valence-electron chi connectivity index (χ3n) is 2.45. The van der Waals surface area contributed by atoms with Crippen molar-refractivity contribution >= 4 is 17.7 Å². The molecule has 1 aromatic rings. The molecule has 1 rings (SSSR count). The van der Waals surface area contributed by atoms with Crippen LogP contribution in [0, 0.1) is 12.7 Å². The van der Waals surface area contributed by atoms with Gasteiger partial charge in [-0.2, -0.15) is 11.8 Å². The number of amides is 1. The Hall–Kier alpha value is -1.07. The summed E-state index contributed by atoms with van der Waals surface area (Å²) in [5.74, 6) is -0.552. The molecule has 5 heteroatoms. The average molecular weight is 271 g/mol. The second kappa shape index (κ2) is 6.20. The molecule has 0 saturated carbocycles. The lowest BCUT2D eigenvalue weighted by molar-refractivity contribution is 0.0722. The summed E-state index contributed by atoms with van der Waals surface area (Å²) in [6.45, 7) is 3.52. The van der Waals surface area contributed by atoms with Crippen molar-refractivity contribution in [3.8, 4) is 0 Å². The Morgan fingerprint density at radius 3 is 2.83 bits per heavy atom. The first-order valence-corrected chi connectivity index (χ1v) is 7.01. The summed E-state index contributed by atoms with van der Waals surface area (Å²) in [4.78, 5) is 11.8. The topological polar surface area (TPSA) is 49.3 Å². The molecule has 3 nitrogen and oxygen atoms in total. The highest BCUT2D eigenvalue weighted by Gasteiger charge is 2.21. The number of rotatable bonds is 5. The molecule has 0 aliphatic heterocycles. The quantitative estimate of drug-likeness (QED) is 0.861. The number of hydrogen-bond acceptors (Lipinski definition) is 3. The van der Waals surface area contributed by atoms with Gasteiger partial charge in [-0.25, -0.2) is 4.39 Å². The number of aliphatic hydroxyl groups is 1. The van der Waals surface area contributed by atoms with Gasteiger partial charge in [-0.1, -0.05) is 11.6 Å². The summed E-state index contributed by atoms with van der Waals surface area (Å²) < 4.78 is 13.5. The Balaban J connectivity index is 2.69. The lowest BCUT2D eigenvalue weighted by Gasteiger charge is -2.22. The second-order valence-electron chi connectivity index (χ2n) is 4.60. The second-order valence-corrected chi connectivity index (χ2v) is 5.46. The SMILES string of the molecule is CSCC(C)(O)CNC(=O)c1cc(C)ccc1F. The van der Waals surface area contributed by atoms with Crippen molar-refractivity contribution in [3.63, 3.8) is 0 Å². The van der Waals surface area contributed by atoms with E-state index >= 15 is 0 Å². The Kier molecular flexibility index (Phi) is 5.16. The molecular weight excluding hydrogens is 253 g/mol. The molecule has 0 heterocycles. The normalized spacial score (nSPS) is 14.1. The maximum atomic E-state index is 13.5. The molecule has 0 aliphatic rings. The van der Waals surface area contributed by atoms with Crippen LogP contribution in [-0.2, 0) is 0 Å². The van der Waals surface area contributed by atoms with Gasteiger partial charge < -0.3 is 10.4 Å². The van der Waals surface area contributed by atoms with Crippen LogP contribution in [-0.4, -0.2) is 35.2 Å². The van der Waals surface area contributed by atoms with Gasteiger partial charge >= 0.3 is 0 Å². The molecule has 0 saturated heterocycles. The lowest BCUT2D eigenvalue weighted by Crippen LogP contribution is -2.42. The number of aryl methyl sites for hydroxylation is 1. The molecule has 100 valence electrons. The van der Waals surface area contributed by atoms with Crippen molar-refractivity contribution in [3.05, 3.63) is 35.1 Å². The van der Waals surface area contributed by atoms with E-state index in [4.69, 9.17) is 0 Å². The van der Waals surface area contributed by atoms with Gasteiger partial charge in [-0.3, -0.25) is 4.79 Å². The highest BCUT2D eigenvalue weighted by atomic mass is 32.2. The van der Waals surface area contributed by atoms with Gasteiger partial charge in [-0.05, 0) is 32.2 Å². The Morgan fingerprint density at radius 1 is 1.56 bits per heavy atom. The zero-order valence-corrected chi connectivity index (χ0v) is 11.6. The molecule has 0 aromatic heterocycles. The summed E-state index contributed by atoms with van der Waals surface area (Å²) in [5, 5.41) is 12.5. The number of thioether (sulfide) groups is 1. The fourth-order valence-corrected chi connectivity index (χ4v) is 2.26. The van der Waals surface area contributed by atoms with E-state index < -0.39 is 17.3 Å². The number of benzene rings is 1. The predicted molar refractivity (Wildman–Crippen MR) is 72.5 cm³/mol. The highest BCUT2D eigenvalue weighted by molar-refractivity contribution is 7.98. The number of nitrogens with one attached hydrogen (secondary N) is 1. The predicted octanol–water partition coefficient (Wildman–Crippen LogP) is 1.98. The van der Waals surface area contributed by atoms with Crippen LogP contribution in [0.3, 0.4) is 0 Å². The number of carbonyl (C=O) groups excluding carboxylic acids is 1. The zero-order chi connectivity index (χ0) is 13.8. The minimum absolute atomic E-state index is 0.00921. The maximum Gasteiger partial charge on any atom is 0.254 e. The molecule has 1 atom stereocenters. The molecule has 0 spiro atoms. The Morgan fingerprint density at radius 2 is 2.22 bits per heavy atom. The van der Waals surface area contributed by atoms with Crippen molar-refractivity contribution in [1.29, 1.82) is 0 Å². The van der Waals surface area contributed by atoms with E-state index in [9.17, 15) is 14.3 Å². The smallest absolute Gasteiger partial charge is 0.254 e. The maximum absolute atomic E-state index is 13.5. The fourth-order valence-electron chi connectivity index (χ4n) is 1.54. The first-order chi connectivity index (χ1) is 8.35. The van der Waals surface area contributed by atoms with Gasteiger partial charge in [0, 0.05) is 12.3 Å². The minimum Gasteiger partial charge on any atom is -0.387 e. The molecule has 1 amide bonds. The molecule has 0 fully saturated rings. The molecule has 18 heavy (non-hydrogen) atoms. The van der Waals surface area contributed by atoms with E-state index in [0.29, 0.717) is 5.75 Å². The number of halogens is 1. The third-order valence-corrected chi connectivity index (χ3v) is 3.36. The van der Waals surface area contributed by atoms with Crippen molar-refractivity contribution < 1.29 is 14.3 Å². The fraction of sp³-hybridized carbons (Fsp3) is 0.462. The molecule has 0 bridgehead atoms. The molecule has 0 radical (unpaired) electrons. The van der Waals surface area contributed by atoms with E-state index in [0.717, 1.165) is 5.56 Å². The van der Waals surface area contributed by atoms with Gasteiger partial charge in [0.2, 0.25) is 0 Å². The third kappa shape index (κ3) is 4.31. The lowest BCUT2D eigenvalue weighted by atomic mass is 10.1. The van der Waals surface area contributed by atoms with Gasteiger partial charge in [-0.15, -0.1) is 0 Å². The van der Waals surface area contributed by atoms with E-state index in [1.807, 2.05) is 6.26 Å². The van der Waals surface area contributed by atoms with Crippen LogP contribution in [0.2, 0.25) is 0 Å². The van der Waals surface area contributed by atoms with Gasteiger partial charge in [0.25, 0.3) is 5.91 Å². The average Bonchev–Trinajstić information content (AvgIpc) is 2.29. The van der Waals surface area contributed by atoms with Crippen LogP contribution >= 0.6 is 11.8 Å². The monoisotopic (exact) mass is 271 g/mol. The van der Waals surface area contributed by atoms with Crippen LogP contribution in [0.25, 0.3) is 0 Å². The zero-order valence-electron chi connectivity index (χ0n) is 10.8. The van der Waals surface area contributed by atoms with Gasteiger partial charge in [0.05, 0.1) is 11.2 Å². The number of carbonyl (C=O) groups is 1. The van der Waals surface area contributed by atoms with Crippen molar-refractivity contribution in [2.75, 3.05) is 18.6 Å². The van der Waals surface area contributed by atoms with Gasteiger partial charge in [0.1, 0.15) is 5.82 Å². The summed E-state index contributed by atoms with van der Waals surface area (Å²) >= 11 is 1.49. The summed E-state index contributed by atoms with van der Waals surface area (Å²) in [7, 11) is 0. The van der Waals surface area contributed by atoms with E-state index in [2.05, 4.69) is 5.32 Å². The van der Waals surface area contributed by atoms with Crippen molar-refractivity contribution in [2.45, 2.75) is 19.4 Å². The molecule has 1 unspecified atom stereocenters. The summed E-state index contributed by atoms with van der Waals surface area (Å²) in [5.41, 5.74) is -0.164. The van der Waals surface area contributed by atoms with Crippen LogP contribution in [0.1, 0.15) is 22.8 Å². The molecule has 1 aromatic carbocycles. The van der Waals surface area contributed by atoms with E-state index in [1.54, 1.807) is 19.9 Å². The first-order valence-electron chi connectivity index (χ1n) is 5.61. The standard InChI is InChI=1S/C13H18FNO2S/c1-9-4-5-11(14)10(6-9)12(16)15-7-13(2,17)8-18-3/h4-6,17H,7-8H2,1-3H3,(H,15,16). The van der Waals surface area contributed by atoms with Crippen LogP contribution in [0.5, 0.6) is 0 Å². The van der Waals surface area contributed by atoms with Crippen molar-refractivity contribution in [1.82, 2.24) is 5.32 Å². The van der Waals surface area contributed by atoms with Crippen LogP contribution in [0.4, 0.5) is 4.39 Å². The number of hydrogen-bond donors (Lipinski definition) is 2. The summed E-state index contributed by atoms with van der Waals surface area (Å²) in [6.07, 6.45) is 1.87. The summed E-state index contributed by atoms with van der Waals surface area (Å²) in [6, 6.07) is 4.37. The van der Waals surface area contributed by atoms with Gasteiger partial charge in [0.15, 0.2) is 0 Å². The molecular formula is C13H18FNO2S.